The molecule has 9 nitrogen and oxygen atoms in total. The van der Waals surface area contributed by atoms with E-state index in [0.717, 1.165) is 23.3 Å². The van der Waals surface area contributed by atoms with E-state index in [4.69, 9.17) is 14.2 Å². The number of benzene rings is 3. The summed E-state index contributed by atoms with van der Waals surface area (Å²) in [7, 11) is 0. The molecule has 0 aliphatic carbocycles. The maximum absolute atomic E-state index is 13.6. The van der Waals surface area contributed by atoms with Crippen LogP contribution in [-0.4, -0.2) is 46.8 Å². The molecule has 12 heteroatoms. The van der Waals surface area contributed by atoms with Gasteiger partial charge in [0.15, 0.2) is 15.8 Å². The first-order valence-corrected chi connectivity index (χ1v) is 15.4. The van der Waals surface area contributed by atoms with Gasteiger partial charge in [0.25, 0.3) is 5.78 Å². The van der Waals surface area contributed by atoms with E-state index in [2.05, 4.69) is 10.2 Å². The number of halogens is 1. The van der Waals surface area contributed by atoms with E-state index in [0.29, 0.717) is 58.3 Å². The van der Waals surface area contributed by atoms with Crippen LogP contribution in [0, 0.1) is 5.82 Å². The highest BCUT2D eigenvalue weighted by Gasteiger charge is 2.48. The highest BCUT2D eigenvalue weighted by atomic mass is 32.2. The highest BCUT2D eigenvalue weighted by Crippen LogP contribution is 2.45. The minimum atomic E-state index is -0.976. The summed E-state index contributed by atoms with van der Waals surface area (Å²) in [6, 6.07) is 17.1. The third-order valence-corrected chi connectivity index (χ3v) is 8.93. The van der Waals surface area contributed by atoms with Crippen LogP contribution in [0.25, 0.3) is 5.76 Å². The van der Waals surface area contributed by atoms with Crippen LogP contribution in [0.1, 0.15) is 36.1 Å². The summed E-state index contributed by atoms with van der Waals surface area (Å²) < 4.78 is 30.8. The number of aromatic nitrogens is 2. The molecule has 0 spiro atoms. The van der Waals surface area contributed by atoms with E-state index >= 15 is 0 Å². The van der Waals surface area contributed by atoms with Gasteiger partial charge in [0.1, 0.15) is 30.5 Å². The second kappa shape index (κ2) is 12.4. The Hall–Kier alpha value is -4.42. The number of aliphatic hydroxyl groups is 1. The van der Waals surface area contributed by atoms with E-state index in [1.165, 1.54) is 28.8 Å². The van der Waals surface area contributed by atoms with Crippen LogP contribution in [0.5, 0.6) is 17.2 Å². The summed E-state index contributed by atoms with van der Waals surface area (Å²) in [4.78, 5) is 28.4. The number of ketones is 1. The van der Waals surface area contributed by atoms with Crippen LogP contribution in [-0.2, 0) is 15.3 Å². The van der Waals surface area contributed by atoms with Crippen molar-refractivity contribution in [2.24, 2.45) is 0 Å². The average molecular weight is 620 g/mol. The van der Waals surface area contributed by atoms with Crippen molar-refractivity contribution < 1.29 is 33.3 Å². The Balaban J connectivity index is 1.37. The van der Waals surface area contributed by atoms with Gasteiger partial charge in [-0.3, -0.25) is 14.5 Å². The van der Waals surface area contributed by atoms with Gasteiger partial charge in [0.2, 0.25) is 5.13 Å². The van der Waals surface area contributed by atoms with Crippen LogP contribution in [0.15, 0.2) is 76.6 Å². The number of carbonyl (C=O) groups excluding carboxylic acids is 2. The quantitative estimate of drug-likeness (QED) is 0.0775. The number of rotatable bonds is 9. The van der Waals surface area contributed by atoms with Gasteiger partial charge in [-0.1, -0.05) is 54.3 Å². The number of Topliss-reactive ketones (excluding diaryl/α,β-unsaturated/α-hetero) is 1. The van der Waals surface area contributed by atoms with Gasteiger partial charge in [-0.15, -0.1) is 10.2 Å². The maximum Gasteiger partial charge on any atom is 0.301 e. The Morgan fingerprint density at radius 3 is 2.53 bits per heavy atom. The second-order valence-electron chi connectivity index (χ2n) is 9.71. The van der Waals surface area contributed by atoms with Gasteiger partial charge in [0.05, 0.1) is 18.2 Å². The molecular formula is C31H26FN3O6S2. The monoisotopic (exact) mass is 619 g/mol. The zero-order valence-corrected chi connectivity index (χ0v) is 24.6. The topological polar surface area (TPSA) is 111 Å². The molecule has 43 heavy (non-hydrogen) atoms. The number of amides is 1. The van der Waals surface area contributed by atoms with E-state index < -0.39 is 17.7 Å². The fraction of sp³-hybridized carbons (Fsp3) is 0.226. The summed E-state index contributed by atoms with van der Waals surface area (Å²) in [6.07, 6.45) is 0.843. The molecule has 2 aliphatic rings. The second-order valence-corrected chi connectivity index (χ2v) is 11.9. The Bertz CT molecular complexity index is 1690. The van der Waals surface area contributed by atoms with Crippen LogP contribution in [0.4, 0.5) is 9.52 Å². The normalized spacial score (nSPS) is 17.3. The van der Waals surface area contributed by atoms with Crippen LogP contribution < -0.4 is 19.1 Å². The maximum atomic E-state index is 13.6. The molecule has 1 aromatic heterocycles. The number of thioether (sulfide) groups is 1. The number of anilines is 1. The first-order valence-electron chi connectivity index (χ1n) is 13.6. The van der Waals surface area contributed by atoms with Crippen molar-refractivity contribution in [3.05, 3.63) is 94.8 Å². The number of aliphatic hydroxyl groups excluding tert-OH is 1. The van der Waals surface area contributed by atoms with E-state index in [-0.39, 0.29) is 22.3 Å². The summed E-state index contributed by atoms with van der Waals surface area (Å²) in [5.74, 6) is -0.216. The Kier molecular flexibility index (Phi) is 8.30. The van der Waals surface area contributed by atoms with Crippen molar-refractivity contribution >= 4 is 45.7 Å². The fourth-order valence-corrected chi connectivity index (χ4v) is 6.56. The molecule has 3 aromatic carbocycles. The molecule has 1 amide bonds. The highest BCUT2D eigenvalue weighted by molar-refractivity contribution is 8.00. The largest absolute Gasteiger partial charge is 0.507 e. The zero-order valence-electron chi connectivity index (χ0n) is 23.0. The van der Waals surface area contributed by atoms with Gasteiger partial charge < -0.3 is 19.3 Å². The van der Waals surface area contributed by atoms with Crippen molar-refractivity contribution in [3.63, 3.8) is 0 Å². The summed E-state index contributed by atoms with van der Waals surface area (Å²) in [6.45, 7) is 3.32. The van der Waals surface area contributed by atoms with Crippen molar-refractivity contribution in [2.45, 2.75) is 29.5 Å². The number of fused-ring (bicyclic) bond motifs is 1. The predicted octanol–water partition coefficient (Wildman–Crippen LogP) is 6.16. The molecule has 3 heterocycles. The molecule has 1 saturated heterocycles. The molecule has 0 radical (unpaired) electrons. The number of carbonyl (C=O) groups is 2. The van der Waals surface area contributed by atoms with E-state index in [1.54, 1.807) is 54.6 Å². The van der Waals surface area contributed by atoms with Crippen LogP contribution in [0.3, 0.4) is 0 Å². The first-order chi connectivity index (χ1) is 20.9. The lowest BCUT2D eigenvalue weighted by atomic mass is 9.95. The molecule has 0 saturated carbocycles. The molecule has 1 atom stereocenters. The van der Waals surface area contributed by atoms with Gasteiger partial charge in [-0.2, -0.15) is 0 Å². The number of nitrogens with zero attached hydrogens (tertiary/aromatic N) is 3. The minimum absolute atomic E-state index is 0.0837. The minimum Gasteiger partial charge on any atom is -0.507 e. The average Bonchev–Trinajstić information content (AvgIpc) is 3.61. The lowest BCUT2D eigenvalue weighted by molar-refractivity contribution is -0.132. The third kappa shape index (κ3) is 5.93. The first kappa shape index (κ1) is 28.7. The Morgan fingerprint density at radius 2 is 1.79 bits per heavy atom. The van der Waals surface area contributed by atoms with Gasteiger partial charge in [-0.05, 0) is 60.0 Å². The number of hydrogen-bond acceptors (Lipinski definition) is 10. The van der Waals surface area contributed by atoms with E-state index in [1.807, 2.05) is 6.92 Å². The van der Waals surface area contributed by atoms with Crippen molar-refractivity contribution in [1.29, 1.82) is 0 Å². The molecular weight excluding hydrogens is 593 g/mol. The van der Waals surface area contributed by atoms with Crippen molar-refractivity contribution in [1.82, 2.24) is 10.2 Å². The predicted molar refractivity (Wildman–Crippen MR) is 160 cm³/mol. The fourth-order valence-electron chi connectivity index (χ4n) is 4.74. The SMILES string of the molecule is CCCOc1ccc(C2/C(=C(\O)c3ccc4c(c3)OCCO4)C(=O)C(=O)N2c2nnc(SCc3ccc(F)cc3)s2)cc1. The lowest BCUT2D eigenvalue weighted by Crippen LogP contribution is -2.29. The van der Waals surface area contributed by atoms with Gasteiger partial charge in [-0.25, -0.2) is 4.39 Å². The molecule has 6 rings (SSSR count). The van der Waals surface area contributed by atoms with Crippen molar-refractivity contribution in [2.75, 3.05) is 24.7 Å². The Labute approximate surface area is 254 Å². The number of hydrogen-bond donors (Lipinski definition) is 1. The molecule has 4 aromatic rings. The van der Waals surface area contributed by atoms with Crippen molar-refractivity contribution in [3.8, 4) is 17.2 Å². The van der Waals surface area contributed by atoms with Crippen LogP contribution in [0.2, 0.25) is 0 Å². The van der Waals surface area contributed by atoms with E-state index in [9.17, 15) is 19.1 Å². The van der Waals surface area contributed by atoms with Crippen LogP contribution >= 0.6 is 23.1 Å². The molecule has 1 N–H and O–H groups in total. The van der Waals surface area contributed by atoms with Gasteiger partial charge >= 0.3 is 5.91 Å². The van der Waals surface area contributed by atoms with Gasteiger partial charge in [0, 0.05) is 11.3 Å². The third-order valence-electron chi connectivity index (χ3n) is 6.81. The molecule has 2 aliphatic heterocycles. The summed E-state index contributed by atoms with van der Waals surface area (Å²) >= 11 is 2.53. The lowest BCUT2D eigenvalue weighted by Gasteiger charge is -2.23. The molecule has 220 valence electrons. The summed E-state index contributed by atoms with van der Waals surface area (Å²) in [5, 5.41) is 20.2. The molecule has 1 fully saturated rings. The summed E-state index contributed by atoms with van der Waals surface area (Å²) in [5.41, 5.74) is 1.70. The number of ether oxygens (including phenoxy) is 3. The smallest absolute Gasteiger partial charge is 0.301 e. The standard InChI is InChI=1S/C31H26FN3O6S2/c1-2-13-39-22-10-5-19(6-11-22)26-25(27(36)20-7-12-23-24(16-20)41-15-14-40-23)28(37)29(38)35(26)30-33-34-31(43-30)42-17-18-3-8-21(32)9-4-18/h3-12,16,26,36H,2,13-15,17H2,1H3/b27-25+. The molecule has 1 unspecified atom stereocenters. The Morgan fingerprint density at radius 1 is 1.05 bits per heavy atom. The molecule has 0 bridgehead atoms. The zero-order chi connectivity index (χ0) is 29.9.